The Morgan fingerprint density at radius 1 is 1.17 bits per heavy atom. The predicted octanol–water partition coefficient (Wildman–Crippen LogP) is 2.56. The molecule has 0 radical (unpaired) electrons. The summed E-state index contributed by atoms with van der Waals surface area (Å²) < 4.78 is 0. The minimum Gasteiger partial charge on any atom is -0.0619 e. The van der Waals surface area contributed by atoms with Gasteiger partial charge in [0.15, 0.2) is 0 Å². The first kappa shape index (κ1) is 7.76. The Labute approximate surface area is 74.3 Å². The topological polar surface area (TPSA) is 0 Å². The summed E-state index contributed by atoms with van der Waals surface area (Å²) in [5.41, 5.74) is 1.45. The number of hydrogen-bond donors (Lipinski definition) is 0. The molecule has 0 aromatic heterocycles. The Hall–Kier alpha value is -0.870. The van der Waals surface area contributed by atoms with Crippen LogP contribution in [0.2, 0.25) is 0 Å². The molecule has 1 unspecified atom stereocenters. The van der Waals surface area contributed by atoms with E-state index in [1.165, 1.54) is 17.0 Å². The number of benzene rings is 1. The van der Waals surface area contributed by atoms with Crippen LogP contribution in [0.25, 0.3) is 0 Å². The summed E-state index contributed by atoms with van der Waals surface area (Å²) in [4.78, 5) is 0. The lowest BCUT2D eigenvalue weighted by atomic mass is 10.3. The molecule has 0 N–H and O–H groups in total. The van der Waals surface area contributed by atoms with Gasteiger partial charge in [-0.15, -0.1) is 0 Å². The fourth-order valence-electron chi connectivity index (χ4n) is 1.39. The van der Waals surface area contributed by atoms with E-state index in [9.17, 15) is 0 Å². The van der Waals surface area contributed by atoms with Gasteiger partial charge in [-0.05, 0) is 30.7 Å². The van der Waals surface area contributed by atoms with Gasteiger partial charge in [0.1, 0.15) is 24.8 Å². The lowest BCUT2D eigenvalue weighted by Crippen LogP contribution is -1.95. The van der Waals surface area contributed by atoms with Crippen LogP contribution in [-0.4, -0.2) is 12.0 Å². The van der Waals surface area contributed by atoms with Crippen LogP contribution in [0.5, 0.6) is 0 Å². The summed E-state index contributed by atoms with van der Waals surface area (Å²) in [7, 11) is 0.00283. The summed E-state index contributed by atoms with van der Waals surface area (Å²) in [5.74, 6) is 2.41. The van der Waals surface area contributed by atoms with Crippen molar-refractivity contribution in [3.05, 3.63) is 42.0 Å². The third-order valence-electron chi connectivity index (χ3n) is 2.06. The molecule has 1 aliphatic rings. The highest BCUT2D eigenvalue weighted by atomic mass is 31.1. The molecule has 1 atom stereocenters. The standard InChI is InChI=1S/C11H12P/c1-10-7-8-12(9-10)11-5-3-2-4-6-11/h2-7,9H,8H2,1H3/q+1. The SMILES string of the molecule is CC1=CC[P+](c2ccccc2)=C1. The number of allylic oxidation sites excluding steroid dienone is 2. The molecular formula is C11H12P+. The highest BCUT2D eigenvalue weighted by molar-refractivity contribution is 7.66. The molecule has 0 saturated heterocycles. The van der Waals surface area contributed by atoms with E-state index in [0.717, 1.165) is 0 Å². The van der Waals surface area contributed by atoms with Crippen molar-refractivity contribution in [1.82, 2.24) is 0 Å². The molecule has 0 amide bonds. The second-order valence-electron chi connectivity index (χ2n) is 3.07. The molecule has 12 heavy (non-hydrogen) atoms. The van der Waals surface area contributed by atoms with Gasteiger partial charge in [0, 0.05) is 0 Å². The molecule has 60 valence electrons. The Bertz CT molecular complexity index is 333. The van der Waals surface area contributed by atoms with Gasteiger partial charge in [-0.3, -0.25) is 0 Å². The normalized spacial score (nSPS) is 18.8. The summed E-state index contributed by atoms with van der Waals surface area (Å²) in [6, 6.07) is 10.8. The van der Waals surface area contributed by atoms with Crippen LogP contribution in [0.1, 0.15) is 6.92 Å². The molecule has 0 saturated carbocycles. The van der Waals surface area contributed by atoms with Crippen molar-refractivity contribution in [3.8, 4) is 0 Å². The number of hydrogen-bond acceptors (Lipinski definition) is 0. The van der Waals surface area contributed by atoms with E-state index in [-0.39, 0.29) is 7.55 Å². The van der Waals surface area contributed by atoms with Crippen molar-refractivity contribution in [2.24, 2.45) is 0 Å². The van der Waals surface area contributed by atoms with Gasteiger partial charge >= 0.3 is 0 Å². The molecule has 1 aromatic rings. The molecule has 2 rings (SSSR count). The second-order valence-corrected chi connectivity index (χ2v) is 5.14. The molecule has 0 fully saturated rings. The average Bonchev–Trinajstić information content (AvgIpc) is 2.54. The molecule has 1 heteroatoms. The van der Waals surface area contributed by atoms with E-state index in [1.54, 1.807) is 0 Å². The van der Waals surface area contributed by atoms with Crippen LogP contribution >= 0.6 is 7.55 Å². The molecule has 1 aliphatic heterocycles. The molecule has 1 heterocycles. The van der Waals surface area contributed by atoms with Crippen molar-refractivity contribution >= 4 is 18.6 Å². The van der Waals surface area contributed by atoms with Gasteiger partial charge < -0.3 is 0 Å². The lowest BCUT2D eigenvalue weighted by Gasteiger charge is -1.87. The van der Waals surface area contributed by atoms with Crippen molar-refractivity contribution in [2.45, 2.75) is 6.92 Å². The summed E-state index contributed by atoms with van der Waals surface area (Å²) in [5, 5.41) is 1.50. The molecule has 0 aliphatic carbocycles. The fraction of sp³-hybridized carbons (Fsp3) is 0.182. The maximum Gasteiger partial charge on any atom is 0.148 e. The summed E-state index contributed by atoms with van der Waals surface area (Å²) >= 11 is 0. The Morgan fingerprint density at radius 3 is 2.50 bits per heavy atom. The van der Waals surface area contributed by atoms with Gasteiger partial charge in [-0.25, -0.2) is 0 Å². The average molecular weight is 175 g/mol. The van der Waals surface area contributed by atoms with Crippen LogP contribution in [0, 0.1) is 0 Å². The zero-order valence-electron chi connectivity index (χ0n) is 7.20. The smallest absolute Gasteiger partial charge is 0.0619 e. The van der Waals surface area contributed by atoms with Gasteiger partial charge in [0.2, 0.25) is 0 Å². The highest BCUT2D eigenvalue weighted by Gasteiger charge is 2.16. The highest BCUT2D eigenvalue weighted by Crippen LogP contribution is 2.27. The molecule has 0 spiro atoms. The van der Waals surface area contributed by atoms with E-state index >= 15 is 0 Å². The second kappa shape index (κ2) is 3.25. The van der Waals surface area contributed by atoms with Gasteiger partial charge in [0.05, 0.1) is 0 Å². The van der Waals surface area contributed by atoms with Crippen molar-refractivity contribution < 1.29 is 0 Å². The number of rotatable bonds is 1. The quantitative estimate of drug-likeness (QED) is 0.575. The first-order valence-corrected chi connectivity index (χ1v) is 5.79. The van der Waals surface area contributed by atoms with E-state index in [2.05, 4.69) is 49.1 Å². The molecule has 0 nitrogen and oxygen atoms in total. The maximum absolute atomic E-state index is 2.41. The monoisotopic (exact) mass is 175 g/mol. The zero-order valence-corrected chi connectivity index (χ0v) is 8.09. The van der Waals surface area contributed by atoms with E-state index in [1.807, 2.05) is 0 Å². The van der Waals surface area contributed by atoms with Crippen molar-refractivity contribution in [1.29, 1.82) is 0 Å². The minimum absolute atomic E-state index is 0.00283. The largest absolute Gasteiger partial charge is 0.148 e. The maximum atomic E-state index is 2.41. The van der Waals surface area contributed by atoms with Crippen LogP contribution < -0.4 is 5.30 Å². The van der Waals surface area contributed by atoms with Gasteiger partial charge in [-0.1, -0.05) is 18.2 Å². The summed E-state index contributed by atoms with van der Waals surface area (Å²) in [6.45, 7) is 2.19. The van der Waals surface area contributed by atoms with Crippen LogP contribution in [0.15, 0.2) is 42.0 Å². The zero-order chi connectivity index (χ0) is 8.39. The van der Waals surface area contributed by atoms with Crippen LogP contribution in [0.3, 0.4) is 0 Å². The summed E-state index contributed by atoms with van der Waals surface area (Å²) in [6.07, 6.45) is 3.57. The minimum atomic E-state index is 0.00283. The predicted molar refractivity (Wildman–Crippen MR) is 57.7 cm³/mol. The van der Waals surface area contributed by atoms with Crippen LogP contribution in [0.4, 0.5) is 0 Å². The molecule has 0 bridgehead atoms. The molecule has 1 aromatic carbocycles. The van der Waals surface area contributed by atoms with Crippen molar-refractivity contribution in [2.75, 3.05) is 6.16 Å². The van der Waals surface area contributed by atoms with Crippen molar-refractivity contribution in [3.63, 3.8) is 0 Å². The first-order chi connectivity index (χ1) is 5.86. The van der Waals surface area contributed by atoms with Crippen LogP contribution in [-0.2, 0) is 0 Å². The van der Waals surface area contributed by atoms with E-state index < -0.39 is 0 Å². The lowest BCUT2D eigenvalue weighted by molar-refractivity contribution is 1.60. The van der Waals surface area contributed by atoms with E-state index in [0.29, 0.717) is 0 Å². The Morgan fingerprint density at radius 2 is 1.92 bits per heavy atom. The Kier molecular flexibility index (Phi) is 2.10. The van der Waals surface area contributed by atoms with Gasteiger partial charge in [-0.2, -0.15) is 0 Å². The first-order valence-electron chi connectivity index (χ1n) is 4.19. The third kappa shape index (κ3) is 1.49. The van der Waals surface area contributed by atoms with E-state index in [4.69, 9.17) is 0 Å². The third-order valence-corrected chi connectivity index (χ3v) is 4.31. The molecular weight excluding hydrogens is 163 g/mol. The fourth-order valence-corrected chi connectivity index (χ4v) is 3.50. The van der Waals surface area contributed by atoms with Gasteiger partial charge in [0.25, 0.3) is 0 Å². The Balaban J connectivity index is 2.30.